The molecule has 0 spiro atoms. The molecule has 0 aliphatic heterocycles. The number of benzene rings is 1. The van der Waals surface area contributed by atoms with Crippen molar-refractivity contribution in [1.29, 1.82) is 0 Å². The van der Waals surface area contributed by atoms with Crippen LogP contribution < -0.4 is 10.5 Å². The van der Waals surface area contributed by atoms with Crippen molar-refractivity contribution in [2.45, 2.75) is 6.61 Å². The zero-order valence-corrected chi connectivity index (χ0v) is 12.0. The largest absolute Gasteiger partial charge is 0.434 e. The highest BCUT2D eigenvalue weighted by Gasteiger charge is 2.17. The molecule has 6 nitrogen and oxygen atoms in total. The topological polar surface area (TPSA) is 78.3 Å². The minimum Gasteiger partial charge on any atom is -0.434 e. The van der Waals surface area contributed by atoms with E-state index in [1.54, 1.807) is 12.1 Å². The van der Waals surface area contributed by atoms with Crippen LogP contribution in [0.2, 0.25) is 0 Å². The van der Waals surface area contributed by atoms with Gasteiger partial charge in [0, 0.05) is 10.0 Å². The molecule has 3 aromatic rings. The minimum atomic E-state index is -2.94. The summed E-state index contributed by atoms with van der Waals surface area (Å²) in [5.74, 6) is 0.140. The van der Waals surface area contributed by atoms with Crippen molar-refractivity contribution in [3.8, 4) is 17.0 Å². The Morgan fingerprint density at radius 3 is 2.86 bits per heavy atom. The number of halogens is 3. The smallest absolute Gasteiger partial charge is 0.387 e. The molecule has 108 valence electrons. The van der Waals surface area contributed by atoms with Crippen molar-refractivity contribution in [3.63, 3.8) is 0 Å². The molecule has 0 saturated carbocycles. The van der Waals surface area contributed by atoms with E-state index >= 15 is 0 Å². The van der Waals surface area contributed by atoms with Crippen LogP contribution in [0, 0.1) is 0 Å². The number of anilines is 1. The lowest BCUT2D eigenvalue weighted by Crippen LogP contribution is -2.06. The van der Waals surface area contributed by atoms with Gasteiger partial charge in [0.1, 0.15) is 17.8 Å². The maximum Gasteiger partial charge on any atom is 0.387 e. The molecule has 0 radical (unpaired) electrons. The molecule has 3 rings (SSSR count). The predicted octanol–water partition coefficient (Wildman–Crippen LogP) is 2.74. The second-order valence-corrected chi connectivity index (χ2v) is 4.99. The third-order valence-corrected chi connectivity index (χ3v) is 3.29. The minimum absolute atomic E-state index is 0.0125. The van der Waals surface area contributed by atoms with E-state index < -0.39 is 6.61 Å². The van der Waals surface area contributed by atoms with Gasteiger partial charge < -0.3 is 10.5 Å². The van der Waals surface area contributed by atoms with Crippen molar-refractivity contribution in [2.24, 2.45) is 0 Å². The second-order valence-electron chi connectivity index (χ2n) is 4.07. The SMILES string of the molecule is Nc1nnc(-c2ccc(Br)cc2OC(F)F)c2cncn12. The number of alkyl halides is 2. The summed E-state index contributed by atoms with van der Waals surface area (Å²) >= 11 is 3.21. The lowest BCUT2D eigenvalue weighted by atomic mass is 10.1. The average molecular weight is 356 g/mol. The van der Waals surface area contributed by atoms with Crippen molar-refractivity contribution in [2.75, 3.05) is 5.73 Å². The van der Waals surface area contributed by atoms with Gasteiger partial charge in [-0.25, -0.2) is 4.98 Å². The molecule has 9 heteroatoms. The molecule has 0 unspecified atom stereocenters. The first-order valence-corrected chi connectivity index (χ1v) is 6.54. The van der Waals surface area contributed by atoms with Crippen LogP contribution in [0.25, 0.3) is 16.8 Å². The van der Waals surface area contributed by atoms with E-state index in [0.717, 1.165) is 0 Å². The fourth-order valence-electron chi connectivity index (χ4n) is 1.93. The third kappa shape index (κ3) is 2.51. The molecular weight excluding hydrogens is 348 g/mol. The lowest BCUT2D eigenvalue weighted by molar-refractivity contribution is -0.0494. The number of nitrogen functional groups attached to an aromatic ring is 1. The van der Waals surface area contributed by atoms with Gasteiger partial charge >= 0.3 is 6.61 Å². The summed E-state index contributed by atoms with van der Waals surface area (Å²) in [5.41, 5.74) is 6.95. The Hall–Kier alpha value is -2.29. The van der Waals surface area contributed by atoms with Gasteiger partial charge in [-0.05, 0) is 18.2 Å². The summed E-state index contributed by atoms with van der Waals surface area (Å²) in [6.07, 6.45) is 2.99. The van der Waals surface area contributed by atoms with Crippen molar-refractivity contribution in [1.82, 2.24) is 19.6 Å². The summed E-state index contributed by atoms with van der Waals surface area (Å²) < 4.78 is 31.8. The van der Waals surface area contributed by atoms with E-state index in [1.165, 1.54) is 23.0 Å². The molecule has 0 bridgehead atoms. The maximum atomic E-state index is 12.6. The van der Waals surface area contributed by atoms with Gasteiger partial charge in [0.2, 0.25) is 5.95 Å². The molecule has 0 aliphatic carbocycles. The van der Waals surface area contributed by atoms with Crippen molar-refractivity contribution < 1.29 is 13.5 Å². The monoisotopic (exact) mass is 355 g/mol. The Kier molecular flexibility index (Phi) is 3.42. The Bertz CT molecular complexity index is 807. The Balaban J connectivity index is 2.23. The van der Waals surface area contributed by atoms with Crippen LogP contribution in [-0.4, -0.2) is 26.2 Å². The first-order chi connectivity index (χ1) is 10.1. The number of fused-ring (bicyclic) bond motifs is 1. The highest BCUT2D eigenvalue weighted by molar-refractivity contribution is 9.10. The van der Waals surface area contributed by atoms with E-state index in [0.29, 0.717) is 21.2 Å². The highest BCUT2D eigenvalue weighted by Crippen LogP contribution is 2.34. The average Bonchev–Trinajstić information content (AvgIpc) is 2.90. The molecule has 0 aliphatic rings. The van der Waals surface area contributed by atoms with E-state index in [9.17, 15) is 8.78 Å². The molecule has 2 heterocycles. The molecule has 0 amide bonds. The number of nitrogens with zero attached hydrogens (tertiary/aromatic N) is 4. The standard InChI is InChI=1S/C12H8BrF2N5O/c13-6-1-2-7(9(3-6)21-11(14)15)10-8-4-17-5-20(8)12(16)19-18-10/h1-5,11H,(H2,16,19). The fourth-order valence-corrected chi connectivity index (χ4v) is 2.27. The molecule has 1 aromatic carbocycles. The van der Waals surface area contributed by atoms with Crippen molar-refractivity contribution >= 4 is 27.4 Å². The summed E-state index contributed by atoms with van der Waals surface area (Å²) in [6.45, 7) is -2.94. The molecule has 2 N–H and O–H groups in total. The lowest BCUT2D eigenvalue weighted by Gasteiger charge is -2.11. The molecule has 0 saturated heterocycles. The van der Waals surface area contributed by atoms with Crippen LogP contribution in [0.3, 0.4) is 0 Å². The number of rotatable bonds is 3. The second kappa shape index (κ2) is 5.24. The number of hydrogen-bond acceptors (Lipinski definition) is 5. The molecule has 21 heavy (non-hydrogen) atoms. The molecule has 2 aromatic heterocycles. The molecular formula is C12H8BrF2N5O. The molecule has 0 atom stereocenters. The van der Waals surface area contributed by atoms with Crippen LogP contribution in [0.4, 0.5) is 14.7 Å². The van der Waals surface area contributed by atoms with Crippen LogP contribution in [0.5, 0.6) is 5.75 Å². The van der Waals surface area contributed by atoms with Gasteiger partial charge in [0.05, 0.1) is 11.7 Å². The van der Waals surface area contributed by atoms with E-state index in [4.69, 9.17) is 5.73 Å². The Labute approximate surface area is 125 Å². The first-order valence-electron chi connectivity index (χ1n) is 5.75. The molecule has 0 fully saturated rings. The van der Waals surface area contributed by atoms with Gasteiger partial charge in [-0.2, -0.15) is 8.78 Å². The van der Waals surface area contributed by atoms with Gasteiger partial charge in [0.15, 0.2) is 0 Å². The number of imidazole rings is 1. The zero-order valence-electron chi connectivity index (χ0n) is 10.4. The first kappa shape index (κ1) is 13.7. The Morgan fingerprint density at radius 2 is 2.10 bits per heavy atom. The van der Waals surface area contributed by atoms with Crippen molar-refractivity contribution in [3.05, 3.63) is 35.2 Å². The normalized spacial score (nSPS) is 11.2. The van der Waals surface area contributed by atoms with E-state index in [2.05, 4.69) is 35.8 Å². The van der Waals surface area contributed by atoms with Crippen LogP contribution >= 0.6 is 15.9 Å². The number of nitrogens with two attached hydrogens (primary N) is 1. The summed E-state index contributed by atoms with van der Waals surface area (Å²) in [6, 6.07) is 4.74. The van der Waals surface area contributed by atoms with Gasteiger partial charge in [-0.15, -0.1) is 10.2 Å². The summed E-state index contributed by atoms with van der Waals surface area (Å²) in [7, 11) is 0. The quantitative estimate of drug-likeness (QED) is 0.781. The van der Waals surface area contributed by atoms with Crippen LogP contribution in [0.15, 0.2) is 35.2 Å². The predicted molar refractivity (Wildman–Crippen MR) is 75.0 cm³/mol. The summed E-state index contributed by atoms with van der Waals surface area (Å²) in [5, 5.41) is 7.76. The van der Waals surface area contributed by atoms with Gasteiger partial charge in [-0.3, -0.25) is 4.40 Å². The Morgan fingerprint density at radius 1 is 1.29 bits per heavy atom. The number of ether oxygens (including phenoxy) is 1. The third-order valence-electron chi connectivity index (χ3n) is 2.80. The zero-order chi connectivity index (χ0) is 15.0. The number of aromatic nitrogens is 4. The van der Waals surface area contributed by atoms with Gasteiger partial charge in [0.25, 0.3) is 0 Å². The van der Waals surface area contributed by atoms with Crippen LogP contribution in [0.1, 0.15) is 0 Å². The van der Waals surface area contributed by atoms with E-state index in [-0.39, 0.29) is 11.7 Å². The van der Waals surface area contributed by atoms with Gasteiger partial charge in [-0.1, -0.05) is 15.9 Å². The van der Waals surface area contributed by atoms with E-state index in [1.807, 2.05) is 0 Å². The number of hydrogen-bond donors (Lipinski definition) is 1. The fraction of sp³-hybridized carbons (Fsp3) is 0.0833. The highest BCUT2D eigenvalue weighted by atomic mass is 79.9. The maximum absolute atomic E-state index is 12.6. The summed E-state index contributed by atoms with van der Waals surface area (Å²) in [4.78, 5) is 3.96. The van der Waals surface area contributed by atoms with Crippen LogP contribution in [-0.2, 0) is 0 Å².